The summed E-state index contributed by atoms with van der Waals surface area (Å²) in [6, 6.07) is 0. The molecule has 17 nitrogen and oxygen atoms in total. The molecule has 8 atom stereocenters. The van der Waals surface area contributed by atoms with Crippen molar-refractivity contribution in [2.75, 3.05) is 13.2 Å². The van der Waals surface area contributed by atoms with E-state index in [0.717, 1.165) is 4.57 Å². The monoisotopic (exact) mass is 548 g/mol. The van der Waals surface area contributed by atoms with E-state index >= 15 is 0 Å². The Morgan fingerprint density at radius 3 is 2.43 bits per heavy atom. The molecule has 0 saturated carbocycles. The maximum atomic E-state index is 13.0. The molecule has 2 saturated heterocycles. The number of aliphatic hydroxyl groups is 4. The normalized spacial score (nSPS) is 33.5. The van der Waals surface area contributed by atoms with Gasteiger partial charge in [-0.05, 0) is 6.92 Å². The summed E-state index contributed by atoms with van der Waals surface area (Å²) in [6.45, 7) is -0.124. The standard InChI is InChI=1S/C16H26N2O15P2/c1-7-4-18(16(24)17-15(7)23)12-2-8(20)11(30-12)6-29-35(28,33-34(25,26)27)32-13-3-9(21)14(22)10(5-19)31-13/h4,8-14,19-22H,2-3,5-6H2,1H3,(H,17,23,24)(H2,25,26,27)/t8?,9-,10-,11-,12-,13+,14+,35?/m1/s1. The minimum absolute atomic E-state index is 0.155. The number of hydrogen-bond donors (Lipinski definition) is 7. The molecule has 0 radical (unpaired) electrons. The Morgan fingerprint density at radius 1 is 1.11 bits per heavy atom. The molecule has 2 aliphatic heterocycles. The van der Waals surface area contributed by atoms with E-state index in [1.54, 1.807) is 0 Å². The molecule has 1 aromatic heterocycles. The molecule has 2 aliphatic rings. The first-order chi connectivity index (χ1) is 16.2. The number of aryl methyl sites for hydroxylation is 1. The number of phosphoric acid groups is 2. The van der Waals surface area contributed by atoms with Gasteiger partial charge in [0.2, 0.25) is 0 Å². The number of phosphoric ester groups is 1. The second-order valence-electron chi connectivity index (χ2n) is 7.91. The van der Waals surface area contributed by atoms with Crippen LogP contribution in [0.1, 0.15) is 24.6 Å². The van der Waals surface area contributed by atoms with Gasteiger partial charge in [0.15, 0.2) is 6.29 Å². The van der Waals surface area contributed by atoms with Gasteiger partial charge in [-0.1, -0.05) is 0 Å². The second kappa shape index (κ2) is 11.0. The number of rotatable bonds is 9. The quantitative estimate of drug-likeness (QED) is 0.158. The Balaban J connectivity index is 1.71. The Labute approximate surface area is 196 Å². The molecule has 1 aromatic rings. The first kappa shape index (κ1) is 28.3. The van der Waals surface area contributed by atoms with E-state index in [4.69, 9.17) is 28.3 Å². The van der Waals surface area contributed by atoms with E-state index in [9.17, 15) is 39.1 Å². The van der Waals surface area contributed by atoms with Gasteiger partial charge in [0, 0.05) is 24.6 Å². The highest BCUT2D eigenvalue weighted by Gasteiger charge is 2.45. The Kier molecular flexibility index (Phi) is 8.87. The lowest BCUT2D eigenvalue weighted by atomic mass is 10.0. The molecule has 2 unspecified atom stereocenters. The van der Waals surface area contributed by atoms with Crippen molar-refractivity contribution >= 4 is 15.6 Å². The van der Waals surface area contributed by atoms with Crippen LogP contribution in [0.15, 0.2) is 15.8 Å². The maximum absolute atomic E-state index is 13.0. The molecule has 0 amide bonds. The largest absolute Gasteiger partial charge is 0.486 e. The summed E-state index contributed by atoms with van der Waals surface area (Å²) in [5.41, 5.74) is -1.23. The lowest BCUT2D eigenvalue weighted by molar-refractivity contribution is -0.234. The van der Waals surface area contributed by atoms with E-state index in [-0.39, 0.29) is 12.0 Å². The SMILES string of the molecule is Cc1cn([C@H]2CC(O)[C@@H](COP(=O)(O[C@H]3C[C@@H](O)[C@H](O)[C@@H](CO)O3)OP(=O)(O)O)O2)c(=O)[nH]c1=O. The summed E-state index contributed by atoms with van der Waals surface area (Å²) in [7, 11) is -10.6. The van der Waals surface area contributed by atoms with Crippen LogP contribution in [0.3, 0.4) is 0 Å². The summed E-state index contributed by atoms with van der Waals surface area (Å²) >= 11 is 0. The third kappa shape index (κ3) is 7.14. The van der Waals surface area contributed by atoms with Crippen LogP contribution in [-0.4, -0.2) is 89.8 Å². The van der Waals surface area contributed by atoms with Crippen molar-refractivity contribution < 1.29 is 62.2 Å². The first-order valence-electron chi connectivity index (χ1n) is 10.2. The van der Waals surface area contributed by atoms with Gasteiger partial charge >= 0.3 is 21.3 Å². The summed E-state index contributed by atoms with van der Waals surface area (Å²) in [5.74, 6) is 0. The topological polar surface area (TPSA) is 257 Å². The summed E-state index contributed by atoms with van der Waals surface area (Å²) in [5, 5.41) is 39.1. The fraction of sp³-hybridized carbons (Fsp3) is 0.750. The number of nitrogens with zero attached hydrogens (tertiary/aromatic N) is 1. The van der Waals surface area contributed by atoms with Gasteiger partial charge in [-0.15, -0.1) is 0 Å². The second-order valence-corrected chi connectivity index (χ2v) is 10.9. The van der Waals surface area contributed by atoms with E-state index in [0.29, 0.717) is 0 Å². The highest BCUT2D eigenvalue weighted by atomic mass is 31.3. The number of aromatic nitrogens is 2. The van der Waals surface area contributed by atoms with Crippen molar-refractivity contribution in [3.63, 3.8) is 0 Å². The lowest BCUT2D eigenvalue weighted by Crippen LogP contribution is -2.50. The minimum atomic E-state index is -5.47. The van der Waals surface area contributed by atoms with Crippen LogP contribution < -0.4 is 11.2 Å². The number of nitrogens with one attached hydrogen (secondary N) is 1. The van der Waals surface area contributed by atoms with Crippen LogP contribution in [-0.2, 0) is 32.0 Å². The molecule has 2 fully saturated rings. The molecule has 7 N–H and O–H groups in total. The van der Waals surface area contributed by atoms with Gasteiger partial charge in [-0.2, -0.15) is 4.31 Å². The Morgan fingerprint density at radius 2 is 1.80 bits per heavy atom. The van der Waals surface area contributed by atoms with Crippen molar-refractivity contribution in [1.29, 1.82) is 0 Å². The summed E-state index contributed by atoms with van der Waals surface area (Å²) < 4.78 is 50.0. The zero-order chi connectivity index (χ0) is 26.1. The summed E-state index contributed by atoms with van der Waals surface area (Å²) in [4.78, 5) is 43.9. The molecule has 3 heterocycles. The van der Waals surface area contributed by atoms with Gasteiger partial charge < -0.3 is 39.7 Å². The van der Waals surface area contributed by atoms with Crippen molar-refractivity contribution in [3.8, 4) is 0 Å². The number of H-pyrrole nitrogens is 1. The summed E-state index contributed by atoms with van der Waals surface area (Å²) in [6.07, 6.45) is -9.16. The van der Waals surface area contributed by atoms with Gasteiger partial charge in [0.05, 0.1) is 25.4 Å². The van der Waals surface area contributed by atoms with Gasteiger partial charge in [0.25, 0.3) is 5.56 Å². The van der Waals surface area contributed by atoms with Crippen LogP contribution in [0.25, 0.3) is 0 Å². The Hall–Kier alpha value is -1.30. The average Bonchev–Trinajstić information content (AvgIpc) is 3.10. The van der Waals surface area contributed by atoms with Crippen molar-refractivity contribution in [3.05, 3.63) is 32.6 Å². The molecule has 19 heteroatoms. The van der Waals surface area contributed by atoms with Gasteiger partial charge in [0.1, 0.15) is 24.5 Å². The molecule has 0 bridgehead atoms. The molecular weight excluding hydrogens is 522 g/mol. The van der Waals surface area contributed by atoms with Crippen LogP contribution in [0.5, 0.6) is 0 Å². The van der Waals surface area contributed by atoms with Gasteiger partial charge in [-0.3, -0.25) is 23.4 Å². The first-order valence-corrected chi connectivity index (χ1v) is 13.2. The highest BCUT2D eigenvalue weighted by Crippen LogP contribution is 2.62. The Bertz CT molecular complexity index is 1100. The molecule has 200 valence electrons. The van der Waals surface area contributed by atoms with E-state index in [1.807, 2.05) is 0 Å². The maximum Gasteiger partial charge on any atom is 0.486 e. The molecule has 35 heavy (non-hydrogen) atoms. The molecule has 0 spiro atoms. The number of aromatic amines is 1. The number of aliphatic hydroxyl groups excluding tert-OH is 4. The van der Waals surface area contributed by atoms with Crippen LogP contribution in [0.2, 0.25) is 0 Å². The number of hydrogen-bond acceptors (Lipinski definition) is 13. The van der Waals surface area contributed by atoms with Crippen molar-refractivity contribution in [2.45, 2.75) is 62.8 Å². The third-order valence-electron chi connectivity index (χ3n) is 5.23. The predicted molar refractivity (Wildman–Crippen MR) is 111 cm³/mol. The molecular formula is C16H26N2O15P2. The van der Waals surface area contributed by atoms with Crippen molar-refractivity contribution in [1.82, 2.24) is 9.55 Å². The average molecular weight is 548 g/mol. The van der Waals surface area contributed by atoms with Crippen molar-refractivity contribution in [2.24, 2.45) is 0 Å². The zero-order valence-electron chi connectivity index (χ0n) is 18.1. The lowest BCUT2D eigenvalue weighted by Gasteiger charge is -2.36. The molecule has 0 aliphatic carbocycles. The van der Waals surface area contributed by atoms with E-state index < -0.39 is 89.6 Å². The molecule has 3 rings (SSSR count). The third-order valence-corrected chi connectivity index (χ3v) is 7.84. The van der Waals surface area contributed by atoms with Gasteiger partial charge in [-0.25, -0.2) is 13.9 Å². The predicted octanol–water partition coefficient (Wildman–Crippen LogP) is -2.43. The fourth-order valence-corrected chi connectivity index (χ4v) is 5.68. The van der Waals surface area contributed by atoms with Crippen LogP contribution in [0.4, 0.5) is 0 Å². The smallest absolute Gasteiger partial charge is 0.394 e. The highest BCUT2D eigenvalue weighted by molar-refractivity contribution is 7.61. The fourth-order valence-electron chi connectivity index (χ4n) is 3.48. The van der Waals surface area contributed by atoms with Crippen LogP contribution >= 0.6 is 15.6 Å². The number of ether oxygens (including phenoxy) is 2. The zero-order valence-corrected chi connectivity index (χ0v) is 19.9. The minimum Gasteiger partial charge on any atom is -0.394 e. The van der Waals surface area contributed by atoms with Crippen LogP contribution in [0, 0.1) is 6.92 Å². The van der Waals surface area contributed by atoms with E-state index in [1.165, 1.54) is 13.1 Å². The van der Waals surface area contributed by atoms with E-state index in [2.05, 4.69) is 9.29 Å². The molecule has 0 aromatic carbocycles.